The van der Waals surface area contributed by atoms with Crippen LogP contribution in [0.5, 0.6) is 0 Å². The molecule has 3 rings (SSSR count). The first kappa shape index (κ1) is 12.0. The fourth-order valence-electron chi connectivity index (χ4n) is 2.02. The molecule has 0 unspecified atom stereocenters. The molecule has 0 saturated carbocycles. The van der Waals surface area contributed by atoms with Gasteiger partial charge in [-0.1, -0.05) is 54.1 Å². The Bertz CT molecular complexity index is 687. The van der Waals surface area contributed by atoms with E-state index < -0.39 is 0 Å². The van der Waals surface area contributed by atoms with Crippen LogP contribution in [0.1, 0.15) is 5.89 Å². The Hall–Kier alpha value is -2.06. The van der Waals surface area contributed by atoms with E-state index in [4.69, 9.17) is 16.0 Å². The average Bonchev–Trinajstić information content (AvgIpc) is 2.83. The van der Waals surface area contributed by atoms with Crippen LogP contribution in [-0.2, 0) is 0 Å². The van der Waals surface area contributed by atoms with Gasteiger partial charge in [-0.05, 0) is 12.1 Å². The number of hydrogen-bond donors (Lipinski definition) is 0. The highest BCUT2D eigenvalue weighted by atomic mass is 35.5. The summed E-state index contributed by atoms with van der Waals surface area (Å²) in [5.74, 6) is 1.45. The Labute approximate surface area is 116 Å². The highest BCUT2D eigenvalue weighted by Gasteiger charge is 2.14. The minimum Gasteiger partial charge on any atom is -0.440 e. The maximum Gasteiger partial charge on any atom is 0.192 e. The van der Waals surface area contributed by atoms with Gasteiger partial charge in [-0.25, -0.2) is 4.98 Å². The van der Waals surface area contributed by atoms with E-state index in [-0.39, 0.29) is 0 Å². The number of nitrogens with zero attached hydrogens (tertiary/aromatic N) is 1. The number of benzene rings is 2. The lowest BCUT2D eigenvalue weighted by atomic mass is 10.1. The fraction of sp³-hybridized carbons (Fsp3) is 0.0625. The third-order valence-corrected chi connectivity index (χ3v) is 3.14. The molecule has 0 atom stereocenters. The molecular formula is C16H12ClNO. The zero-order valence-corrected chi connectivity index (χ0v) is 11.2. The van der Waals surface area contributed by atoms with Gasteiger partial charge in [-0.2, -0.15) is 0 Å². The van der Waals surface area contributed by atoms with E-state index in [0.29, 0.717) is 10.9 Å². The molecule has 0 fully saturated rings. The first-order valence-corrected chi connectivity index (χ1v) is 6.40. The third kappa shape index (κ3) is 2.40. The molecular weight excluding hydrogens is 258 g/mol. The fourth-order valence-corrected chi connectivity index (χ4v) is 2.14. The van der Waals surface area contributed by atoms with Gasteiger partial charge in [0.25, 0.3) is 0 Å². The van der Waals surface area contributed by atoms with E-state index in [0.717, 1.165) is 22.6 Å². The lowest BCUT2D eigenvalue weighted by molar-refractivity contribution is 0.534. The van der Waals surface area contributed by atoms with Crippen LogP contribution < -0.4 is 0 Å². The molecule has 2 nitrogen and oxygen atoms in total. The normalized spacial score (nSPS) is 10.6. The second-order valence-corrected chi connectivity index (χ2v) is 4.72. The van der Waals surface area contributed by atoms with Crippen molar-refractivity contribution in [1.82, 2.24) is 4.98 Å². The van der Waals surface area contributed by atoms with Crippen LogP contribution in [0.15, 0.2) is 59.0 Å². The number of hydrogen-bond acceptors (Lipinski definition) is 2. The SMILES string of the molecule is Cc1nc(-c2ccc(Cl)cc2)c(-c2ccccc2)o1. The van der Waals surface area contributed by atoms with Crippen LogP contribution in [0.2, 0.25) is 5.02 Å². The molecule has 1 heterocycles. The number of aryl methyl sites for hydroxylation is 1. The van der Waals surface area contributed by atoms with Crippen LogP contribution in [0.4, 0.5) is 0 Å². The van der Waals surface area contributed by atoms with E-state index in [1.807, 2.05) is 61.5 Å². The molecule has 1 aromatic heterocycles. The summed E-state index contributed by atoms with van der Waals surface area (Å²) < 4.78 is 5.74. The summed E-state index contributed by atoms with van der Waals surface area (Å²) in [6.45, 7) is 1.85. The van der Waals surface area contributed by atoms with Crippen molar-refractivity contribution >= 4 is 11.6 Å². The number of aromatic nitrogens is 1. The number of halogens is 1. The molecule has 0 bridgehead atoms. The Morgan fingerprint density at radius 3 is 2.26 bits per heavy atom. The second-order valence-electron chi connectivity index (χ2n) is 4.28. The van der Waals surface area contributed by atoms with Gasteiger partial charge < -0.3 is 4.42 Å². The summed E-state index contributed by atoms with van der Waals surface area (Å²) in [5.41, 5.74) is 2.87. The zero-order valence-electron chi connectivity index (χ0n) is 10.4. The molecule has 3 heteroatoms. The van der Waals surface area contributed by atoms with Gasteiger partial charge in [-0.15, -0.1) is 0 Å². The molecule has 0 saturated heterocycles. The van der Waals surface area contributed by atoms with Crippen molar-refractivity contribution in [1.29, 1.82) is 0 Å². The number of rotatable bonds is 2. The van der Waals surface area contributed by atoms with E-state index in [1.165, 1.54) is 0 Å². The highest BCUT2D eigenvalue weighted by molar-refractivity contribution is 6.30. The van der Waals surface area contributed by atoms with Gasteiger partial charge in [0.15, 0.2) is 11.7 Å². The Morgan fingerprint density at radius 1 is 0.895 bits per heavy atom. The van der Waals surface area contributed by atoms with Crippen molar-refractivity contribution in [2.45, 2.75) is 6.92 Å². The van der Waals surface area contributed by atoms with Crippen molar-refractivity contribution < 1.29 is 4.42 Å². The predicted octanol–water partition coefficient (Wildman–Crippen LogP) is 4.97. The maximum absolute atomic E-state index is 5.92. The monoisotopic (exact) mass is 269 g/mol. The topological polar surface area (TPSA) is 26.0 Å². The van der Waals surface area contributed by atoms with Crippen molar-refractivity contribution in [2.75, 3.05) is 0 Å². The smallest absolute Gasteiger partial charge is 0.192 e. The van der Waals surface area contributed by atoms with Gasteiger partial charge >= 0.3 is 0 Å². The summed E-state index contributed by atoms with van der Waals surface area (Å²) in [4.78, 5) is 4.48. The molecule has 0 aliphatic carbocycles. The Balaban J connectivity index is 2.15. The maximum atomic E-state index is 5.92. The molecule has 0 amide bonds. The molecule has 3 aromatic rings. The average molecular weight is 270 g/mol. The molecule has 19 heavy (non-hydrogen) atoms. The van der Waals surface area contributed by atoms with Gasteiger partial charge in [-0.3, -0.25) is 0 Å². The van der Waals surface area contributed by atoms with E-state index in [9.17, 15) is 0 Å². The van der Waals surface area contributed by atoms with E-state index in [1.54, 1.807) is 0 Å². The first-order chi connectivity index (χ1) is 9.24. The Morgan fingerprint density at radius 2 is 1.58 bits per heavy atom. The van der Waals surface area contributed by atoms with Crippen molar-refractivity contribution in [3.63, 3.8) is 0 Å². The van der Waals surface area contributed by atoms with E-state index in [2.05, 4.69) is 4.98 Å². The van der Waals surface area contributed by atoms with Crippen molar-refractivity contribution in [3.05, 3.63) is 65.5 Å². The molecule has 0 aliphatic heterocycles. The van der Waals surface area contributed by atoms with Gasteiger partial charge in [0.1, 0.15) is 5.69 Å². The number of oxazole rings is 1. The van der Waals surface area contributed by atoms with Crippen molar-refractivity contribution in [2.24, 2.45) is 0 Å². The summed E-state index contributed by atoms with van der Waals surface area (Å²) in [6.07, 6.45) is 0. The molecule has 0 aliphatic rings. The standard InChI is InChI=1S/C16H12ClNO/c1-11-18-15(12-7-9-14(17)10-8-12)16(19-11)13-5-3-2-4-6-13/h2-10H,1H3. The first-order valence-electron chi connectivity index (χ1n) is 6.03. The molecule has 94 valence electrons. The highest BCUT2D eigenvalue weighted by Crippen LogP contribution is 2.32. The van der Waals surface area contributed by atoms with Gasteiger partial charge in [0, 0.05) is 23.1 Å². The minimum atomic E-state index is 0.656. The molecule has 2 aromatic carbocycles. The summed E-state index contributed by atoms with van der Waals surface area (Å²) in [7, 11) is 0. The largest absolute Gasteiger partial charge is 0.440 e. The van der Waals surface area contributed by atoms with Crippen LogP contribution in [-0.4, -0.2) is 4.98 Å². The van der Waals surface area contributed by atoms with Crippen LogP contribution in [0, 0.1) is 6.92 Å². The second kappa shape index (κ2) is 4.90. The molecule has 0 N–H and O–H groups in total. The van der Waals surface area contributed by atoms with Crippen LogP contribution in [0.3, 0.4) is 0 Å². The minimum absolute atomic E-state index is 0.656. The van der Waals surface area contributed by atoms with Crippen molar-refractivity contribution in [3.8, 4) is 22.6 Å². The van der Waals surface area contributed by atoms with Gasteiger partial charge in [0.05, 0.1) is 0 Å². The van der Waals surface area contributed by atoms with Gasteiger partial charge in [0.2, 0.25) is 0 Å². The van der Waals surface area contributed by atoms with E-state index >= 15 is 0 Å². The third-order valence-electron chi connectivity index (χ3n) is 2.89. The molecule has 0 spiro atoms. The summed E-state index contributed by atoms with van der Waals surface area (Å²) in [6, 6.07) is 17.6. The Kier molecular flexibility index (Phi) is 3.10. The van der Waals surface area contributed by atoms with Crippen LogP contribution in [0.25, 0.3) is 22.6 Å². The molecule has 0 radical (unpaired) electrons. The summed E-state index contributed by atoms with van der Waals surface area (Å²) >= 11 is 5.92. The summed E-state index contributed by atoms with van der Waals surface area (Å²) in [5, 5.41) is 0.713. The lowest BCUT2D eigenvalue weighted by Crippen LogP contribution is -1.82. The quantitative estimate of drug-likeness (QED) is 0.656. The van der Waals surface area contributed by atoms with Crippen LogP contribution >= 0.6 is 11.6 Å². The lowest BCUT2D eigenvalue weighted by Gasteiger charge is -2.01. The predicted molar refractivity (Wildman–Crippen MR) is 77.1 cm³/mol. The zero-order chi connectivity index (χ0) is 13.2.